The van der Waals surface area contributed by atoms with Crippen LogP contribution in [-0.2, 0) is 4.74 Å². The summed E-state index contributed by atoms with van der Waals surface area (Å²) < 4.78 is 5.38. The Morgan fingerprint density at radius 3 is 2.72 bits per heavy atom. The van der Waals surface area contributed by atoms with E-state index in [9.17, 15) is 5.11 Å². The summed E-state index contributed by atoms with van der Waals surface area (Å²) in [4.78, 5) is 2.25. The molecule has 0 aliphatic carbocycles. The Hall–Kier alpha value is -0.770. The molecule has 1 aromatic carbocycles. The van der Waals surface area contributed by atoms with Gasteiger partial charge in [0, 0.05) is 29.8 Å². The van der Waals surface area contributed by atoms with Crippen molar-refractivity contribution in [3.05, 3.63) is 28.8 Å². The molecule has 0 aromatic heterocycles. The number of aromatic hydroxyl groups is 1. The van der Waals surface area contributed by atoms with Gasteiger partial charge in [-0.1, -0.05) is 18.5 Å². The summed E-state index contributed by atoms with van der Waals surface area (Å²) in [5, 5.41) is 10.6. The van der Waals surface area contributed by atoms with Gasteiger partial charge in [-0.05, 0) is 38.6 Å². The molecule has 0 saturated heterocycles. The van der Waals surface area contributed by atoms with Gasteiger partial charge >= 0.3 is 0 Å². The fraction of sp³-hybridized carbons (Fsp3) is 0.571. The van der Waals surface area contributed by atoms with Crippen molar-refractivity contribution in [3.8, 4) is 5.75 Å². The van der Waals surface area contributed by atoms with E-state index in [1.165, 1.54) is 0 Å². The number of phenols is 1. The van der Waals surface area contributed by atoms with Crippen LogP contribution in [0.2, 0.25) is 5.02 Å². The summed E-state index contributed by atoms with van der Waals surface area (Å²) in [5.41, 5.74) is 0.862. The second kappa shape index (κ2) is 7.62. The zero-order valence-electron chi connectivity index (χ0n) is 11.3. The van der Waals surface area contributed by atoms with Crippen molar-refractivity contribution in [2.45, 2.75) is 26.8 Å². The highest BCUT2D eigenvalue weighted by Gasteiger charge is 2.17. The summed E-state index contributed by atoms with van der Waals surface area (Å²) >= 11 is 5.98. The number of rotatable bonds is 7. The highest BCUT2D eigenvalue weighted by atomic mass is 35.5. The topological polar surface area (TPSA) is 32.7 Å². The van der Waals surface area contributed by atoms with Crippen molar-refractivity contribution in [3.63, 3.8) is 0 Å². The summed E-state index contributed by atoms with van der Waals surface area (Å²) in [6, 6.07) is 5.29. The van der Waals surface area contributed by atoms with Crippen molar-refractivity contribution in [1.29, 1.82) is 0 Å². The van der Waals surface area contributed by atoms with Crippen LogP contribution in [0.15, 0.2) is 18.2 Å². The van der Waals surface area contributed by atoms with Gasteiger partial charge < -0.3 is 9.84 Å². The molecule has 1 rings (SSSR count). The number of nitrogens with zero attached hydrogens (tertiary/aromatic N) is 1. The molecular weight excluding hydrogens is 250 g/mol. The van der Waals surface area contributed by atoms with Gasteiger partial charge in [-0.2, -0.15) is 0 Å². The smallest absolute Gasteiger partial charge is 0.120 e. The zero-order valence-corrected chi connectivity index (χ0v) is 12.1. The molecule has 0 aliphatic rings. The lowest BCUT2D eigenvalue weighted by molar-refractivity contribution is 0.0996. The molecule has 1 atom stereocenters. The van der Waals surface area contributed by atoms with E-state index >= 15 is 0 Å². The second-order valence-corrected chi connectivity index (χ2v) is 4.64. The quantitative estimate of drug-likeness (QED) is 0.771. The fourth-order valence-electron chi connectivity index (χ4n) is 2.01. The van der Waals surface area contributed by atoms with Crippen molar-refractivity contribution >= 4 is 11.6 Å². The molecule has 0 heterocycles. The Morgan fingerprint density at radius 1 is 1.39 bits per heavy atom. The minimum Gasteiger partial charge on any atom is -0.508 e. The van der Waals surface area contributed by atoms with E-state index in [1.54, 1.807) is 12.1 Å². The van der Waals surface area contributed by atoms with Crippen LogP contribution < -0.4 is 0 Å². The number of hydrogen-bond donors (Lipinski definition) is 1. The third-order valence-corrected chi connectivity index (χ3v) is 3.36. The average molecular weight is 272 g/mol. The van der Waals surface area contributed by atoms with E-state index in [0.29, 0.717) is 17.4 Å². The van der Waals surface area contributed by atoms with E-state index in [2.05, 4.69) is 18.7 Å². The standard InChI is InChI=1S/C14H22ClNO2/c1-4-16(8-9-18-5-2)11(3)13-10-12(15)6-7-14(13)17/h6-7,10-11,17H,4-5,8-9H2,1-3H3. The number of benzene rings is 1. The van der Waals surface area contributed by atoms with Crippen LogP contribution in [0.4, 0.5) is 0 Å². The molecule has 4 heteroatoms. The molecule has 0 aliphatic heterocycles. The number of halogens is 1. The zero-order chi connectivity index (χ0) is 13.5. The normalized spacial score (nSPS) is 12.9. The molecule has 0 radical (unpaired) electrons. The third kappa shape index (κ3) is 4.16. The Balaban J connectivity index is 2.75. The van der Waals surface area contributed by atoms with Crippen LogP contribution in [0.25, 0.3) is 0 Å². The Kier molecular flexibility index (Phi) is 6.47. The number of hydrogen-bond acceptors (Lipinski definition) is 3. The van der Waals surface area contributed by atoms with E-state index in [-0.39, 0.29) is 6.04 Å². The molecule has 0 bridgehead atoms. The SMILES string of the molecule is CCOCCN(CC)C(C)c1cc(Cl)ccc1O. The van der Waals surface area contributed by atoms with Crippen molar-refractivity contribution in [2.24, 2.45) is 0 Å². The molecular formula is C14H22ClNO2. The lowest BCUT2D eigenvalue weighted by Gasteiger charge is -2.28. The van der Waals surface area contributed by atoms with Gasteiger partial charge in [0.2, 0.25) is 0 Å². The maximum Gasteiger partial charge on any atom is 0.120 e. The summed E-state index contributed by atoms with van der Waals surface area (Å²) in [5.74, 6) is 0.293. The first-order chi connectivity index (χ1) is 8.60. The van der Waals surface area contributed by atoms with Crippen LogP contribution in [0, 0.1) is 0 Å². The van der Waals surface area contributed by atoms with Crippen LogP contribution in [0.1, 0.15) is 32.4 Å². The highest BCUT2D eigenvalue weighted by molar-refractivity contribution is 6.30. The van der Waals surface area contributed by atoms with Gasteiger partial charge in [0.1, 0.15) is 5.75 Å². The maximum absolute atomic E-state index is 9.90. The van der Waals surface area contributed by atoms with Crippen molar-refractivity contribution in [2.75, 3.05) is 26.3 Å². The van der Waals surface area contributed by atoms with Crippen LogP contribution in [-0.4, -0.2) is 36.3 Å². The molecule has 1 unspecified atom stereocenters. The second-order valence-electron chi connectivity index (χ2n) is 4.20. The van der Waals surface area contributed by atoms with Crippen LogP contribution in [0.3, 0.4) is 0 Å². The molecule has 18 heavy (non-hydrogen) atoms. The van der Waals surface area contributed by atoms with E-state index in [4.69, 9.17) is 16.3 Å². The van der Waals surface area contributed by atoms with E-state index in [1.807, 2.05) is 13.0 Å². The van der Waals surface area contributed by atoms with Crippen molar-refractivity contribution < 1.29 is 9.84 Å². The number of ether oxygens (including phenoxy) is 1. The molecule has 1 aromatic rings. The summed E-state index contributed by atoms with van der Waals surface area (Å²) in [7, 11) is 0. The van der Waals surface area contributed by atoms with Crippen LogP contribution >= 0.6 is 11.6 Å². The first-order valence-corrected chi connectivity index (χ1v) is 6.78. The first-order valence-electron chi connectivity index (χ1n) is 6.40. The monoisotopic (exact) mass is 271 g/mol. The fourth-order valence-corrected chi connectivity index (χ4v) is 2.19. The van der Waals surface area contributed by atoms with Crippen LogP contribution in [0.5, 0.6) is 5.75 Å². The third-order valence-electron chi connectivity index (χ3n) is 3.12. The maximum atomic E-state index is 9.90. The highest BCUT2D eigenvalue weighted by Crippen LogP contribution is 2.30. The summed E-state index contributed by atoms with van der Waals surface area (Å²) in [6.07, 6.45) is 0. The van der Waals surface area contributed by atoms with E-state index < -0.39 is 0 Å². The van der Waals surface area contributed by atoms with Gasteiger partial charge in [-0.3, -0.25) is 4.90 Å². The van der Waals surface area contributed by atoms with Gasteiger partial charge in [-0.15, -0.1) is 0 Å². The largest absolute Gasteiger partial charge is 0.508 e. The van der Waals surface area contributed by atoms with E-state index in [0.717, 1.165) is 25.3 Å². The molecule has 0 spiro atoms. The average Bonchev–Trinajstić information content (AvgIpc) is 2.37. The Labute approximate surface area is 114 Å². The molecule has 0 fully saturated rings. The predicted molar refractivity (Wildman–Crippen MR) is 75.3 cm³/mol. The minimum absolute atomic E-state index is 0.120. The lowest BCUT2D eigenvalue weighted by atomic mass is 10.1. The summed E-state index contributed by atoms with van der Waals surface area (Å²) in [6.45, 7) is 9.34. The molecule has 3 nitrogen and oxygen atoms in total. The number of phenolic OH excluding ortho intramolecular Hbond substituents is 1. The predicted octanol–water partition coefficient (Wildman–Crippen LogP) is 3.47. The Morgan fingerprint density at radius 2 is 2.11 bits per heavy atom. The lowest BCUT2D eigenvalue weighted by Crippen LogP contribution is -2.30. The number of likely N-dealkylation sites (N-methyl/N-ethyl adjacent to an activating group) is 1. The van der Waals surface area contributed by atoms with Gasteiger partial charge in [0.25, 0.3) is 0 Å². The minimum atomic E-state index is 0.120. The van der Waals surface area contributed by atoms with Gasteiger partial charge in [0.15, 0.2) is 0 Å². The van der Waals surface area contributed by atoms with Crippen molar-refractivity contribution in [1.82, 2.24) is 4.90 Å². The Bertz CT molecular complexity index is 371. The van der Waals surface area contributed by atoms with Gasteiger partial charge in [-0.25, -0.2) is 0 Å². The first kappa shape index (κ1) is 15.3. The molecule has 1 N–H and O–H groups in total. The molecule has 0 saturated carbocycles. The molecule has 102 valence electrons. The van der Waals surface area contributed by atoms with Gasteiger partial charge in [0.05, 0.1) is 6.61 Å². The molecule has 0 amide bonds.